The smallest absolute Gasteiger partial charge is 0.193 e. The summed E-state index contributed by atoms with van der Waals surface area (Å²) in [5.41, 5.74) is 4.25. The van der Waals surface area contributed by atoms with E-state index in [4.69, 9.17) is 8.83 Å². The fourth-order valence-corrected chi connectivity index (χ4v) is 3.55. The van der Waals surface area contributed by atoms with E-state index in [1.54, 1.807) is 13.0 Å². The average Bonchev–Trinajstić information content (AvgIpc) is 3.06. The summed E-state index contributed by atoms with van der Waals surface area (Å²) in [7, 11) is 0. The van der Waals surface area contributed by atoms with Crippen LogP contribution in [0.3, 0.4) is 0 Å². The van der Waals surface area contributed by atoms with Gasteiger partial charge >= 0.3 is 0 Å². The largest absolute Gasteiger partial charge is 0.461 e. The minimum atomic E-state index is -0.0606. The van der Waals surface area contributed by atoms with Crippen molar-refractivity contribution in [1.29, 1.82) is 0 Å². The van der Waals surface area contributed by atoms with Gasteiger partial charge in [0, 0.05) is 22.6 Å². The maximum absolute atomic E-state index is 12.4. The predicted molar refractivity (Wildman–Crippen MR) is 108 cm³/mol. The Balaban J connectivity index is 1.93. The van der Waals surface area contributed by atoms with E-state index in [2.05, 4.69) is 12.1 Å². The van der Waals surface area contributed by atoms with E-state index in [9.17, 15) is 4.79 Å². The molecule has 0 unspecified atom stereocenters. The third-order valence-electron chi connectivity index (χ3n) is 4.76. The quantitative estimate of drug-likeness (QED) is 0.381. The molecule has 2 aromatic heterocycles. The van der Waals surface area contributed by atoms with Crippen molar-refractivity contribution in [2.75, 3.05) is 0 Å². The van der Waals surface area contributed by atoms with Crippen LogP contribution in [0.2, 0.25) is 0 Å². The summed E-state index contributed by atoms with van der Waals surface area (Å²) in [6, 6.07) is 25.3. The number of fused-ring (bicyclic) bond motifs is 2. The maximum atomic E-state index is 12.4. The Bertz CT molecular complexity index is 1330. The summed E-state index contributed by atoms with van der Waals surface area (Å²) < 4.78 is 12.1. The Labute approximate surface area is 155 Å². The predicted octanol–water partition coefficient (Wildman–Crippen LogP) is 6.18. The molecule has 27 heavy (non-hydrogen) atoms. The first-order chi connectivity index (χ1) is 13.2. The molecule has 0 aliphatic heterocycles. The van der Waals surface area contributed by atoms with Crippen LogP contribution in [-0.2, 0) is 0 Å². The first-order valence-electron chi connectivity index (χ1n) is 8.82. The zero-order valence-corrected chi connectivity index (χ0v) is 14.7. The second-order valence-electron chi connectivity index (χ2n) is 6.60. The normalized spacial score (nSPS) is 11.3. The van der Waals surface area contributed by atoms with E-state index in [1.165, 1.54) is 6.07 Å². The fourth-order valence-electron chi connectivity index (χ4n) is 3.55. The van der Waals surface area contributed by atoms with E-state index in [0.29, 0.717) is 22.3 Å². The van der Waals surface area contributed by atoms with Gasteiger partial charge in [-0.05, 0) is 24.6 Å². The Hall–Kier alpha value is -3.59. The fraction of sp³-hybridized carbons (Fsp3) is 0.0417. The van der Waals surface area contributed by atoms with Gasteiger partial charge in [-0.15, -0.1) is 0 Å². The molecule has 0 N–H and O–H groups in total. The van der Waals surface area contributed by atoms with Crippen LogP contribution in [0, 0.1) is 6.92 Å². The summed E-state index contributed by atoms with van der Waals surface area (Å²) in [6.07, 6.45) is 0. The average molecular weight is 352 g/mol. The number of benzene rings is 3. The number of hydrogen-bond donors (Lipinski definition) is 0. The molecule has 0 bridgehead atoms. The van der Waals surface area contributed by atoms with Gasteiger partial charge < -0.3 is 8.83 Å². The molecule has 0 fully saturated rings. The topological polar surface area (TPSA) is 43.4 Å². The lowest BCUT2D eigenvalue weighted by molar-refractivity contribution is 0.565. The van der Waals surface area contributed by atoms with Crippen LogP contribution in [0.1, 0.15) is 5.76 Å². The van der Waals surface area contributed by atoms with Crippen molar-refractivity contribution in [3.63, 3.8) is 0 Å². The number of aryl methyl sites for hydroxylation is 1. The highest BCUT2D eigenvalue weighted by Crippen LogP contribution is 2.41. The highest BCUT2D eigenvalue weighted by Gasteiger charge is 2.19. The van der Waals surface area contributed by atoms with Gasteiger partial charge in [-0.1, -0.05) is 60.7 Å². The maximum Gasteiger partial charge on any atom is 0.193 e. The van der Waals surface area contributed by atoms with Crippen molar-refractivity contribution in [3.8, 4) is 22.5 Å². The van der Waals surface area contributed by atoms with Crippen LogP contribution < -0.4 is 5.43 Å². The molecule has 130 valence electrons. The monoisotopic (exact) mass is 352 g/mol. The van der Waals surface area contributed by atoms with Crippen LogP contribution in [0.5, 0.6) is 0 Å². The van der Waals surface area contributed by atoms with Crippen molar-refractivity contribution in [2.45, 2.75) is 6.92 Å². The summed E-state index contributed by atoms with van der Waals surface area (Å²) in [5.74, 6) is 1.39. The minimum Gasteiger partial charge on any atom is -0.461 e. The van der Waals surface area contributed by atoms with Crippen molar-refractivity contribution >= 4 is 21.9 Å². The minimum absolute atomic E-state index is 0.0606. The van der Waals surface area contributed by atoms with Crippen LogP contribution in [-0.4, -0.2) is 0 Å². The zero-order valence-electron chi connectivity index (χ0n) is 14.7. The van der Waals surface area contributed by atoms with Gasteiger partial charge in [-0.3, -0.25) is 4.79 Å². The van der Waals surface area contributed by atoms with E-state index in [-0.39, 0.29) is 5.43 Å². The van der Waals surface area contributed by atoms with E-state index in [0.717, 1.165) is 27.8 Å². The van der Waals surface area contributed by atoms with Crippen LogP contribution in [0.4, 0.5) is 0 Å². The van der Waals surface area contributed by atoms with Gasteiger partial charge in [0.2, 0.25) is 0 Å². The molecular weight excluding hydrogens is 336 g/mol. The third kappa shape index (κ3) is 2.56. The first-order valence-corrected chi connectivity index (χ1v) is 8.82. The Kier molecular flexibility index (Phi) is 3.47. The summed E-state index contributed by atoms with van der Waals surface area (Å²) in [5, 5.41) is 1.46. The molecule has 0 radical (unpaired) electrons. The van der Waals surface area contributed by atoms with Crippen LogP contribution in [0.25, 0.3) is 44.4 Å². The molecule has 5 aromatic rings. The lowest BCUT2D eigenvalue weighted by Gasteiger charge is -2.04. The molecule has 0 aliphatic rings. The molecular formula is C24H16O3. The first kappa shape index (κ1) is 15.6. The summed E-state index contributed by atoms with van der Waals surface area (Å²) in [4.78, 5) is 12.4. The molecule has 0 saturated heterocycles. The van der Waals surface area contributed by atoms with E-state index in [1.807, 2.05) is 54.6 Å². The highest BCUT2D eigenvalue weighted by molar-refractivity contribution is 6.06. The number of furan rings is 1. The molecule has 3 aromatic carbocycles. The second-order valence-corrected chi connectivity index (χ2v) is 6.60. The molecule has 3 heteroatoms. The Morgan fingerprint density at radius 2 is 1.26 bits per heavy atom. The summed E-state index contributed by atoms with van der Waals surface area (Å²) >= 11 is 0. The van der Waals surface area contributed by atoms with Crippen molar-refractivity contribution < 1.29 is 8.83 Å². The Morgan fingerprint density at radius 1 is 0.667 bits per heavy atom. The molecule has 0 amide bonds. The SMILES string of the molecule is Cc1cc(=O)c2cc3oc(-c4ccccc4)c(-c4ccccc4)c3cc2o1. The van der Waals surface area contributed by atoms with Gasteiger partial charge in [-0.25, -0.2) is 0 Å². The lowest BCUT2D eigenvalue weighted by Crippen LogP contribution is -1.99. The molecule has 0 spiro atoms. The summed E-state index contributed by atoms with van der Waals surface area (Å²) in [6.45, 7) is 1.79. The van der Waals surface area contributed by atoms with Crippen LogP contribution >= 0.6 is 0 Å². The highest BCUT2D eigenvalue weighted by atomic mass is 16.3. The lowest BCUT2D eigenvalue weighted by atomic mass is 9.98. The van der Waals surface area contributed by atoms with Gasteiger partial charge in [0.15, 0.2) is 5.43 Å². The van der Waals surface area contributed by atoms with Crippen molar-refractivity contribution in [1.82, 2.24) is 0 Å². The number of rotatable bonds is 2. The standard InChI is InChI=1S/C24H16O3/c1-15-12-20(25)18-13-22-19(14-21(18)26-15)23(16-8-4-2-5-9-16)24(27-22)17-10-6-3-7-11-17/h2-14H,1H3. The van der Waals surface area contributed by atoms with Gasteiger partial charge in [0.05, 0.1) is 5.39 Å². The molecule has 0 saturated carbocycles. The van der Waals surface area contributed by atoms with Crippen molar-refractivity contribution in [3.05, 3.63) is 94.8 Å². The van der Waals surface area contributed by atoms with Gasteiger partial charge in [-0.2, -0.15) is 0 Å². The second kappa shape index (κ2) is 5.99. The molecule has 0 atom stereocenters. The zero-order chi connectivity index (χ0) is 18.4. The van der Waals surface area contributed by atoms with Gasteiger partial charge in [0.1, 0.15) is 22.7 Å². The Morgan fingerprint density at radius 3 is 1.96 bits per heavy atom. The molecule has 0 aliphatic carbocycles. The van der Waals surface area contributed by atoms with Gasteiger partial charge in [0.25, 0.3) is 0 Å². The number of hydrogen-bond acceptors (Lipinski definition) is 3. The van der Waals surface area contributed by atoms with Crippen LogP contribution in [0.15, 0.2) is 92.5 Å². The molecule has 5 rings (SSSR count). The molecule has 3 nitrogen and oxygen atoms in total. The molecule has 2 heterocycles. The van der Waals surface area contributed by atoms with E-state index >= 15 is 0 Å². The van der Waals surface area contributed by atoms with E-state index < -0.39 is 0 Å². The van der Waals surface area contributed by atoms with Crippen molar-refractivity contribution in [2.24, 2.45) is 0 Å². The third-order valence-corrected chi connectivity index (χ3v) is 4.76.